The number of rotatable bonds is 5. The van der Waals surface area contributed by atoms with Crippen molar-refractivity contribution >= 4 is 5.57 Å². The lowest BCUT2D eigenvalue weighted by molar-refractivity contribution is 0.355. The zero-order valence-corrected chi connectivity index (χ0v) is 13.8. The molecule has 2 aromatic carbocycles. The Balaban J connectivity index is 2.47. The molecule has 2 rings (SSSR count). The lowest BCUT2D eigenvalue weighted by Gasteiger charge is -2.14. The maximum Gasteiger partial charge on any atom is 0.161 e. The second-order valence-electron chi connectivity index (χ2n) is 4.96. The molecule has 2 aromatic rings. The van der Waals surface area contributed by atoms with Gasteiger partial charge in [-0.05, 0) is 60.4 Å². The molecule has 22 heavy (non-hydrogen) atoms. The highest BCUT2D eigenvalue weighted by molar-refractivity contribution is 5.81. The summed E-state index contributed by atoms with van der Waals surface area (Å²) in [4.78, 5) is 0. The first-order valence-electron chi connectivity index (χ1n) is 7.18. The third-order valence-electron chi connectivity index (χ3n) is 3.69. The summed E-state index contributed by atoms with van der Waals surface area (Å²) < 4.78 is 16.0. The molecule has 0 aliphatic carbocycles. The van der Waals surface area contributed by atoms with E-state index in [0.29, 0.717) is 0 Å². The number of benzene rings is 2. The van der Waals surface area contributed by atoms with Crippen LogP contribution in [0.3, 0.4) is 0 Å². The van der Waals surface area contributed by atoms with Crippen LogP contribution in [0.25, 0.3) is 5.57 Å². The third kappa shape index (κ3) is 3.08. The lowest BCUT2D eigenvalue weighted by atomic mass is 9.96. The zero-order valence-electron chi connectivity index (χ0n) is 13.8. The van der Waals surface area contributed by atoms with E-state index < -0.39 is 0 Å². The summed E-state index contributed by atoms with van der Waals surface area (Å²) in [7, 11) is 4.97. The molecule has 0 bridgehead atoms. The van der Waals surface area contributed by atoms with Gasteiger partial charge in [-0.15, -0.1) is 0 Å². The molecule has 0 aliphatic rings. The normalized spacial score (nSPS) is 11.2. The van der Waals surface area contributed by atoms with Crippen molar-refractivity contribution in [2.75, 3.05) is 21.3 Å². The number of ether oxygens (including phenoxy) is 3. The van der Waals surface area contributed by atoms with E-state index >= 15 is 0 Å². The van der Waals surface area contributed by atoms with Gasteiger partial charge < -0.3 is 14.2 Å². The molecule has 0 spiro atoms. The second kappa shape index (κ2) is 7.03. The molecule has 0 fully saturated rings. The number of aryl methyl sites for hydroxylation is 1. The Morgan fingerprint density at radius 2 is 1.32 bits per heavy atom. The topological polar surface area (TPSA) is 27.7 Å². The fraction of sp³-hybridized carbons (Fsp3) is 0.263. The predicted molar refractivity (Wildman–Crippen MR) is 90.0 cm³/mol. The molecule has 0 saturated carbocycles. The van der Waals surface area contributed by atoms with Crippen molar-refractivity contribution in [2.45, 2.75) is 13.8 Å². The zero-order chi connectivity index (χ0) is 16.1. The van der Waals surface area contributed by atoms with E-state index in [9.17, 15) is 0 Å². The van der Waals surface area contributed by atoms with E-state index in [-0.39, 0.29) is 0 Å². The van der Waals surface area contributed by atoms with Gasteiger partial charge in [0.1, 0.15) is 5.75 Å². The summed E-state index contributed by atoms with van der Waals surface area (Å²) >= 11 is 0. The molecule has 3 nitrogen and oxygen atoms in total. The van der Waals surface area contributed by atoms with Gasteiger partial charge in [0, 0.05) is 0 Å². The molecule has 116 valence electrons. The van der Waals surface area contributed by atoms with Crippen LogP contribution >= 0.6 is 0 Å². The molecule has 0 heterocycles. The quantitative estimate of drug-likeness (QED) is 0.815. The van der Waals surface area contributed by atoms with Crippen molar-refractivity contribution in [1.29, 1.82) is 0 Å². The van der Waals surface area contributed by atoms with E-state index in [0.717, 1.165) is 39.5 Å². The van der Waals surface area contributed by atoms with Gasteiger partial charge in [0.2, 0.25) is 0 Å². The Morgan fingerprint density at radius 3 is 1.82 bits per heavy atom. The molecule has 0 saturated heterocycles. The number of hydrogen-bond donors (Lipinski definition) is 0. The predicted octanol–water partition coefficient (Wildman–Crippen LogP) is 4.47. The van der Waals surface area contributed by atoms with E-state index in [2.05, 4.69) is 18.2 Å². The van der Waals surface area contributed by atoms with E-state index in [1.165, 1.54) is 0 Å². The highest BCUT2D eigenvalue weighted by atomic mass is 16.5. The molecule has 0 unspecified atom stereocenters. The van der Waals surface area contributed by atoms with Crippen LogP contribution in [0, 0.1) is 6.92 Å². The number of hydrogen-bond acceptors (Lipinski definition) is 3. The molecule has 0 radical (unpaired) electrons. The molecule has 0 aromatic heterocycles. The Morgan fingerprint density at radius 1 is 0.773 bits per heavy atom. The molecule has 0 amide bonds. The van der Waals surface area contributed by atoms with Crippen LogP contribution in [0.1, 0.15) is 23.6 Å². The van der Waals surface area contributed by atoms with Gasteiger partial charge in [-0.1, -0.05) is 18.2 Å². The van der Waals surface area contributed by atoms with Crippen molar-refractivity contribution in [3.05, 3.63) is 59.2 Å². The highest BCUT2D eigenvalue weighted by Gasteiger charge is 2.10. The standard InChI is InChI=1S/C19H22O3/c1-6-16(14-7-9-17(20-3)13(2)11-14)15-8-10-18(21-4)19(12-15)22-5/h6-12H,1-5H3/b16-6+. The third-order valence-corrected chi connectivity index (χ3v) is 3.69. The van der Waals surface area contributed by atoms with E-state index in [1.54, 1.807) is 21.3 Å². The summed E-state index contributed by atoms with van der Waals surface area (Å²) in [5, 5.41) is 0. The first-order chi connectivity index (χ1) is 10.6. The molecular formula is C19H22O3. The minimum Gasteiger partial charge on any atom is -0.496 e. The molecular weight excluding hydrogens is 276 g/mol. The lowest BCUT2D eigenvalue weighted by Crippen LogP contribution is -1.95. The number of allylic oxidation sites excluding steroid dienone is 1. The Labute approximate surface area is 132 Å². The monoisotopic (exact) mass is 298 g/mol. The maximum atomic E-state index is 5.40. The van der Waals surface area contributed by atoms with Crippen LogP contribution in [-0.2, 0) is 0 Å². The van der Waals surface area contributed by atoms with Gasteiger partial charge >= 0.3 is 0 Å². The van der Waals surface area contributed by atoms with Gasteiger partial charge in [0.15, 0.2) is 11.5 Å². The van der Waals surface area contributed by atoms with Gasteiger partial charge in [-0.2, -0.15) is 0 Å². The molecule has 0 aliphatic heterocycles. The minimum absolute atomic E-state index is 0.726. The molecule has 0 atom stereocenters. The van der Waals surface area contributed by atoms with Crippen molar-refractivity contribution < 1.29 is 14.2 Å². The first kappa shape index (κ1) is 16.0. The fourth-order valence-corrected chi connectivity index (χ4v) is 2.55. The Bertz CT molecular complexity index is 687. The second-order valence-corrected chi connectivity index (χ2v) is 4.96. The van der Waals surface area contributed by atoms with Crippen LogP contribution in [0.4, 0.5) is 0 Å². The van der Waals surface area contributed by atoms with Crippen molar-refractivity contribution in [3.8, 4) is 17.2 Å². The highest BCUT2D eigenvalue weighted by Crippen LogP contribution is 2.33. The smallest absolute Gasteiger partial charge is 0.161 e. The van der Waals surface area contributed by atoms with E-state index in [4.69, 9.17) is 14.2 Å². The fourth-order valence-electron chi connectivity index (χ4n) is 2.55. The minimum atomic E-state index is 0.726. The summed E-state index contributed by atoms with van der Waals surface area (Å²) in [6.45, 7) is 4.08. The van der Waals surface area contributed by atoms with Crippen molar-refractivity contribution in [1.82, 2.24) is 0 Å². The Kier molecular flexibility index (Phi) is 5.10. The van der Waals surface area contributed by atoms with Gasteiger partial charge in [-0.25, -0.2) is 0 Å². The number of methoxy groups -OCH3 is 3. The molecule has 3 heteroatoms. The van der Waals surface area contributed by atoms with Crippen LogP contribution in [0.15, 0.2) is 42.5 Å². The molecule has 0 N–H and O–H groups in total. The summed E-state index contributed by atoms with van der Waals surface area (Å²) in [5.74, 6) is 2.35. The summed E-state index contributed by atoms with van der Waals surface area (Å²) in [6, 6.07) is 12.1. The van der Waals surface area contributed by atoms with Gasteiger partial charge in [0.05, 0.1) is 21.3 Å². The SMILES string of the molecule is C/C=C(\c1ccc(OC)c(C)c1)c1ccc(OC)c(OC)c1. The van der Waals surface area contributed by atoms with Crippen molar-refractivity contribution in [2.24, 2.45) is 0 Å². The Hall–Kier alpha value is -2.42. The summed E-state index contributed by atoms with van der Waals surface area (Å²) in [6.07, 6.45) is 2.10. The maximum absolute atomic E-state index is 5.40. The van der Waals surface area contributed by atoms with Crippen LogP contribution in [0.2, 0.25) is 0 Å². The first-order valence-corrected chi connectivity index (χ1v) is 7.18. The van der Waals surface area contributed by atoms with Crippen LogP contribution < -0.4 is 14.2 Å². The summed E-state index contributed by atoms with van der Waals surface area (Å²) in [5.41, 5.74) is 4.49. The average molecular weight is 298 g/mol. The largest absolute Gasteiger partial charge is 0.496 e. The van der Waals surface area contributed by atoms with Crippen LogP contribution in [0.5, 0.6) is 17.2 Å². The van der Waals surface area contributed by atoms with Crippen molar-refractivity contribution in [3.63, 3.8) is 0 Å². The van der Waals surface area contributed by atoms with Crippen LogP contribution in [-0.4, -0.2) is 21.3 Å². The van der Waals surface area contributed by atoms with Gasteiger partial charge in [0.25, 0.3) is 0 Å². The van der Waals surface area contributed by atoms with Gasteiger partial charge in [-0.3, -0.25) is 0 Å². The average Bonchev–Trinajstić information content (AvgIpc) is 2.55. The van der Waals surface area contributed by atoms with E-state index in [1.807, 2.05) is 38.1 Å².